The van der Waals surface area contributed by atoms with Crippen molar-refractivity contribution in [3.63, 3.8) is 0 Å². The number of anilines is 1. The van der Waals surface area contributed by atoms with Gasteiger partial charge in [-0.1, -0.05) is 38.8 Å². The minimum Gasteiger partial charge on any atom is -0.391 e. The zero-order chi connectivity index (χ0) is 21.4. The number of aromatic nitrogens is 1. The summed E-state index contributed by atoms with van der Waals surface area (Å²) in [5.74, 6) is 0.877. The van der Waals surface area contributed by atoms with E-state index in [1.54, 1.807) is 0 Å². The third-order valence-corrected chi connectivity index (χ3v) is 5.43. The molecule has 1 aromatic rings. The molecule has 2 unspecified atom stereocenters. The number of aryl methyl sites for hydroxylation is 1. The van der Waals surface area contributed by atoms with Crippen molar-refractivity contribution < 1.29 is 5.11 Å². The summed E-state index contributed by atoms with van der Waals surface area (Å²) < 4.78 is 0. The first-order chi connectivity index (χ1) is 13.9. The largest absolute Gasteiger partial charge is 0.391 e. The maximum absolute atomic E-state index is 10.4. The highest BCUT2D eigenvalue weighted by Gasteiger charge is 2.21. The molecule has 29 heavy (non-hydrogen) atoms. The molecular formula is C25H37N3O. The van der Waals surface area contributed by atoms with Gasteiger partial charge in [0, 0.05) is 25.0 Å². The summed E-state index contributed by atoms with van der Waals surface area (Å²) in [7, 11) is 1.89. The predicted molar refractivity (Wildman–Crippen MR) is 125 cm³/mol. The number of unbranched alkanes of at least 4 members (excludes halogenated alkanes) is 1. The minimum atomic E-state index is -0.363. The summed E-state index contributed by atoms with van der Waals surface area (Å²) in [6, 6.07) is 2.04. The van der Waals surface area contributed by atoms with Gasteiger partial charge in [-0.15, -0.1) is 0 Å². The van der Waals surface area contributed by atoms with Crippen LogP contribution in [0.1, 0.15) is 64.5 Å². The maximum atomic E-state index is 10.4. The third kappa shape index (κ3) is 6.07. The zero-order valence-electron chi connectivity index (χ0n) is 18.8. The van der Waals surface area contributed by atoms with Crippen molar-refractivity contribution in [3.8, 4) is 0 Å². The van der Waals surface area contributed by atoms with Crippen molar-refractivity contribution >= 4 is 11.9 Å². The van der Waals surface area contributed by atoms with Gasteiger partial charge >= 0.3 is 0 Å². The molecule has 0 fully saturated rings. The number of rotatable bonds is 9. The highest BCUT2D eigenvalue weighted by molar-refractivity contribution is 5.70. The van der Waals surface area contributed by atoms with E-state index in [2.05, 4.69) is 80.7 Å². The van der Waals surface area contributed by atoms with Crippen LogP contribution in [0.5, 0.6) is 0 Å². The lowest BCUT2D eigenvalue weighted by Gasteiger charge is -2.27. The Morgan fingerprint density at radius 1 is 1.31 bits per heavy atom. The Hall–Kier alpha value is -2.33. The van der Waals surface area contributed by atoms with E-state index in [0.29, 0.717) is 0 Å². The van der Waals surface area contributed by atoms with E-state index >= 15 is 0 Å². The molecule has 0 radical (unpaired) electrons. The molecule has 4 heteroatoms. The second kappa shape index (κ2) is 11.0. The number of nitrogens with one attached hydrogen (secondary N) is 2. The minimum absolute atomic E-state index is 0.0295. The van der Waals surface area contributed by atoms with E-state index in [1.807, 2.05) is 13.2 Å². The summed E-state index contributed by atoms with van der Waals surface area (Å²) in [5, 5.41) is 16.9. The molecule has 1 aliphatic heterocycles. The SMILES string of the molecule is CCC/C=C(C)/C(=C\c1cnc(NC)cc1C)C1=CNC(C(O)CCC)C=C1C. The van der Waals surface area contributed by atoms with Crippen LogP contribution in [0.4, 0.5) is 5.82 Å². The normalized spacial score (nSPS) is 18.7. The lowest BCUT2D eigenvalue weighted by atomic mass is 9.88. The first-order valence-corrected chi connectivity index (χ1v) is 10.8. The molecule has 1 aliphatic rings. The van der Waals surface area contributed by atoms with Gasteiger partial charge in [0.15, 0.2) is 0 Å². The Morgan fingerprint density at radius 3 is 2.66 bits per heavy atom. The van der Waals surface area contributed by atoms with Gasteiger partial charge in [-0.2, -0.15) is 0 Å². The number of dihydropyridines is 1. The van der Waals surface area contributed by atoms with Crippen molar-refractivity contribution in [2.45, 2.75) is 72.4 Å². The molecule has 0 amide bonds. The van der Waals surface area contributed by atoms with E-state index in [4.69, 9.17) is 0 Å². The van der Waals surface area contributed by atoms with Crippen LogP contribution in [0, 0.1) is 6.92 Å². The van der Waals surface area contributed by atoms with E-state index in [1.165, 1.54) is 27.9 Å². The first kappa shape index (κ1) is 23.0. The van der Waals surface area contributed by atoms with Gasteiger partial charge in [-0.3, -0.25) is 0 Å². The summed E-state index contributed by atoms with van der Waals surface area (Å²) in [6.45, 7) is 10.7. The van der Waals surface area contributed by atoms with E-state index in [-0.39, 0.29) is 12.1 Å². The molecule has 4 nitrogen and oxygen atoms in total. The standard InChI is InChI=1S/C25H37N3O/c1-7-9-11-17(3)21(14-20-15-28-25(26-6)13-18(20)4)22-16-27-23(12-19(22)5)24(29)10-8-2/h11-16,23-24,27,29H,7-10H2,1-6H3,(H,26,28)/b17-11+,21-14+. The second-order valence-electron chi connectivity index (χ2n) is 7.87. The number of hydrogen-bond donors (Lipinski definition) is 3. The van der Waals surface area contributed by atoms with Crippen LogP contribution in [0.3, 0.4) is 0 Å². The lowest BCUT2D eigenvalue weighted by Crippen LogP contribution is -2.37. The van der Waals surface area contributed by atoms with E-state index in [0.717, 1.165) is 37.1 Å². The Balaban J connectivity index is 2.43. The number of allylic oxidation sites excluding steroid dienone is 5. The van der Waals surface area contributed by atoms with Crippen LogP contribution < -0.4 is 10.6 Å². The van der Waals surface area contributed by atoms with Crippen LogP contribution in [0.15, 0.2) is 52.9 Å². The molecule has 1 aromatic heterocycles. The van der Waals surface area contributed by atoms with E-state index < -0.39 is 0 Å². The first-order valence-electron chi connectivity index (χ1n) is 10.8. The van der Waals surface area contributed by atoms with Gasteiger partial charge in [0.2, 0.25) is 0 Å². The number of aliphatic hydroxyl groups excluding tert-OH is 1. The Bertz CT molecular complexity index is 817. The number of hydrogen-bond acceptors (Lipinski definition) is 4. The van der Waals surface area contributed by atoms with Crippen LogP contribution in [-0.2, 0) is 0 Å². The molecule has 0 saturated heterocycles. The van der Waals surface area contributed by atoms with Crippen molar-refractivity contribution in [3.05, 3.63) is 64.0 Å². The Kier molecular flexibility index (Phi) is 8.71. The summed E-state index contributed by atoms with van der Waals surface area (Å²) >= 11 is 0. The summed E-state index contributed by atoms with van der Waals surface area (Å²) in [4.78, 5) is 4.49. The topological polar surface area (TPSA) is 57.2 Å². The fourth-order valence-corrected chi connectivity index (χ4v) is 3.57. The van der Waals surface area contributed by atoms with Gasteiger partial charge in [0.25, 0.3) is 0 Å². The van der Waals surface area contributed by atoms with Crippen molar-refractivity contribution in [1.82, 2.24) is 10.3 Å². The Labute approximate surface area is 176 Å². The van der Waals surface area contributed by atoms with Crippen LogP contribution in [0.25, 0.3) is 6.08 Å². The molecule has 2 rings (SSSR count). The quantitative estimate of drug-likeness (QED) is 0.482. The molecular weight excluding hydrogens is 358 g/mol. The van der Waals surface area contributed by atoms with Crippen molar-refractivity contribution in [2.24, 2.45) is 0 Å². The van der Waals surface area contributed by atoms with E-state index in [9.17, 15) is 5.11 Å². The van der Waals surface area contributed by atoms with Gasteiger partial charge in [-0.25, -0.2) is 4.98 Å². The lowest BCUT2D eigenvalue weighted by molar-refractivity contribution is 0.140. The second-order valence-corrected chi connectivity index (χ2v) is 7.87. The number of pyridine rings is 1. The van der Waals surface area contributed by atoms with Gasteiger partial charge < -0.3 is 15.7 Å². The van der Waals surface area contributed by atoms with Crippen molar-refractivity contribution in [1.29, 1.82) is 0 Å². The fourth-order valence-electron chi connectivity index (χ4n) is 3.57. The average molecular weight is 396 g/mol. The molecule has 0 bridgehead atoms. The van der Waals surface area contributed by atoms with Gasteiger partial charge in [-0.05, 0) is 73.6 Å². The van der Waals surface area contributed by atoms with Gasteiger partial charge in [0.05, 0.1) is 12.1 Å². The average Bonchev–Trinajstić information content (AvgIpc) is 2.71. The smallest absolute Gasteiger partial charge is 0.125 e. The molecule has 158 valence electrons. The summed E-state index contributed by atoms with van der Waals surface area (Å²) in [6.07, 6.45) is 14.3. The molecule has 0 aromatic carbocycles. The van der Waals surface area contributed by atoms with Crippen LogP contribution in [-0.4, -0.2) is 29.3 Å². The maximum Gasteiger partial charge on any atom is 0.125 e. The molecule has 0 spiro atoms. The zero-order valence-corrected chi connectivity index (χ0v) is 18.8. The van der Waals surface area contributed by atoms with Crippen LogP contribution in [0.2, 0.25) is 0 Å². The fraction of sp³-hybridized carbons (Fsp3) is 0.480. The molecule has 3 N–H and O–H groups in total. The molecule has 0 aliphatic carbocycles. The number of nitrogens with zero attached hydrogens (tertiary/aromatic N) is 1. The molecule has 2 heterocycles. The van der Waals surface area contributed by atoms with Crippen molar-refractivity contribution in [2.75, 3.05) is 12.4 Å². The van der Waals surface area contributed by atoms with Crippen LogP contribution >= 0.6 is 0 Å². The highest BCUT2D eigenvalue weighted by atomic mass is 16.3. The summed E-state index contributed by atoms with van der Waals surface area (Å²) in [5.41, 5.74) is 7.13. The molecule has 0 saturated carbocycles. The third-order valence-electron chi connectivity index (χ3n) is 5.43. The predicted octanol–water partition coefficient (Wildman–Crippen LogP) is 5.52. The van der Waals surface area contributed by atoms with Gasteiger partial charge in [0.1, 0.15) is 5.82 Å². The monoisotopic (exact) mass is 395 g/mol. The highest BCUT2D eigenvalue weighted by Crippen LogP contribution is 2.31. The Morgan fingerprint density at radius 2 is 2.07 bits per heavy atom. The number of aliphatic hydroxyl groups is 1. The molecule has 2 atom stereocenters.